The van der Waals surface area contributed by atoms with E-state index < -0.39 is 5.91 Å². The topological polar surface area (TPSA) is 88.6 Å². The molecule has 0 unspecified atom stereocenters. The van der Waals surface area contributed by atoms with Crippen LogP contribution in [0.3, 0.4) is 0 Å². The minimum atomic E-state index is -0.419. The van der Waals surface area contributed by atoms with Crippen LogP contribution in [0.1, 0.15) is 33.7 Å². The highest BCUT2D eigenvalue weighted by atomic mass is 16.5. The molecule has 1 aromatic carbocycles. The highest BCUT2D eigenvalue weighted by molar-refractivity contribution is 6.04. The summed E-state index contributed by atoms with van der Waals surface area (Å²) < 4.78 is 10.3. The van der Waals surface area contributed by atoms with E-state index in [4.69, 9.17) is 8.94 Å². The maximum atomic E-state index is 12.5. The highest BCUT2D eigenvalue weighted by Crippen LogP contribution is 2.21. The van der Waals surface area contributed by atoms with Crippen LogP contribution in [0.15, 0.2) is 57.7 Å². The van der Waals surface area contributed by atoms with Crippen molar-refractivity contribution in [2.75, 3.05) is 18.4 Å². The second-order valence-electron chi connectivity index (χ2n) is 6.09. The number of anilines is 1. The summed E-state index contributed by atoms with van der Waals surface area (Å²) in [6.07, 6.45) is 3.58. The van der Waals surface area contributed by atoms with Gasteiger partial charge in [-0.3, -0.25) is 9.59 Å². The molecule has 4 rings (SSSR count). The summed E-state index contributed by atoms with van der Waals surface area (Å²) in [7, 11) is 0. The van der Waals surface area contributed by atoms with Crippen LogP contribution in [-0.4, -0.2) is 35.0 Å². The van der Waals surface area contributed by atoms with Crippen LogP contribution in [0.4, 0.5) is 5.69 Å². The van der Waals surface area contributed by atoms with Crippen molar-refractivity contribution in [2.45, 2.75) is 12.8 Å². The first-order valence-corrected chi connectivity index (χ1v) is 8.42. The number of furan rings is 1. The molecule has 1 N–H and O–H groups in total. The lowest BCUT2D eigenvalue weighted by Crippen LogP contribution is -2.27. The molecular formula is C19H17N3O4. The molecule has 1 aliphatic rings. The molecule has 3 aromatic rings. The predicted molar refractivity (Wildman–Crippen MR) is 93.7 cm³/mol. The fourth-order valence-electron chi connectivity index (χ4n) is 2.95. The molecule has 0 atom stereocenters. The van der Waals surface area contributed by atoms with Gasteiger partial charge in [0.05, 0.1) is 6.26 Å². The summed E-state index contributed by atoms with van der Waals surface area (Å²) in [5.41, 5.74) is 1.22. The minimum absolute atomic E-state index is 0.0138. The number of rotatable bonds is 4. The van der Waals surface area contributed by atoms with Crippen LogP contribution in [0.2, 0.25) is 0 Å². The Morgan fingerprint density at radius 3 is 2.65 bits per heavy atom. The number of hydrogen-bond donors (Lipinski definition) is 1. The second-order valence-corrected chi connectivity index (χ2v) is 6.09. The van der Waals surface area contributed by atoms with Gasteiger partial charge in [0.25, 0.3) is 11.8 Å². The van der Waals surface area contributed by atoms with Crippen molar-refractivity contribution in [3.63, 3.8) is 0 Å². The first kappa shape index (κ1) is 16.1. The van der Waals surface area contributed by atoms with Crippen LogP contribution in [0.5, 0.6) is 0 Å². The minimum Gasteiger partial charge on any atom is -0.461 e. The van der Waals surface area contributed by atoms with Crippen LogP contribution < -0.4 is 5.32 Å². The lowest BCUT2D eigenvalue weighted by molar-refractivity contribution is 0.0792. The normalized spacial score (nSPS) is 13.8. The molecule has 132 valence electrons. The number of nitrogens with one attached hydrogen (secondary N) is 1. The molecule has 7 nitrogen and oxygen atoms in total. The van der Waals surface area contributed by atoms with Gasteiger partial charge in [-0.15, -0.1) is 0 Å². The average molecular weight is 351 g/mol. The van der Waals surface area contributed by atoms with E-state index >= 15 is 0 Å². The van der Waals surface area contributed by atoms with Crippen molar-refractivity contribution >= 4 is 17.5 Å². The molecule has 0 spiro atoms. The molecule has 0 bridgehead atoms. The number of benzene rings is 1. The molecule has 26 heavy (non-hydrogen) atoms. The van der Waals surface area contributed by atoms with E-state index in [-0.39, 0.29) is 11.6 Å². The highest BCUT2D eigenvalue weighted by Gasteiger charge is 2.20. The SMILES string of the molecule is O=C(Nc1cccc(C(=O)N2CCCC2)c1)c1cc(-c2ccco2)on1. The number of carbonyl (C=O) groups is 2. The van der Waals surface area contributed by atoms with Crippen LogP contribution in [-0.2, 0) is 0 Å². The Hall–Kier alpha value is -3.35. The van der Waals surface area contributed by atoms with E-state index in [9.17, 15) is 9.59 Å². The molecular weight excluding hydrogens is 334 g/mol. The zero-order chi connectivity index (χ0) is 17.9. The summed E-state index contributed by atoms with van der Waals surface area (Å²) in [5.74, 6) is 0.435. The van der Waals surface area contributed by atoms with Crippen molar-refractivity contribution in [3.05, 3.63) is 60.0 Å². The largest absolute Gasteiger partial charge is 0.461 e. The summed E-state index contributed by atoms with van der Waals surface area (Å²) in [6, 6.07) is 11.8. The average Bonchev–Trinajstić information content (AvgIpc) is 3.43. The van der Waals surface area contributed by atoms with Crippen LogP contribution in [0.25, 0.3) is 11.5 Å². The summed E-state index contributed by atoms with van der Waals surface area (Å²) in [6.45, 7) is 1.56. The monoisotopic (exact) mass is 351 g/mol. The first-order valence-electron chi connectivity index (χ1n) is 8.42. The van der Waals surface area contributed by atoms with Crippen molar-refractivity contribution in [1.29, 1.82) is 0 Å². The van der Waals surface area contributed by atoms with E-state index in [1.165, 1.54) is 12.3 Å². The third-order valence-corrected chi connectivity index (χ3v) is 4.27. The van der Waals surface area contributed by atoms with Gasteiger partial charge in [-0.2, -0.15) is 0 Å². The third kappa shape index (κ3) is 3.23. The molecule has 0 radical (unpaired) electrons. The number of likely N-dealkylation sites (tertiary alicyclic amines) is 1. The van der Waals surface area contributed by atoms with Gasteiger partial charge >= 0.3 is 0 Å². The molecule has 1 saturated heterocycles. The zero-order valence-corrected chi connectivity index (χ0v) is 14.0. The summed E-state index contributed by atoms with van der Waals surface area (Å²) >= 11 is 0. The summed E-state index contributed by atoms with van der Waals surface area (Å²) in [5, 5.41) is 6.51. The van der Waals surface area contributed by atoms with Crippen molar-refractivity contribution in [3.8, 4) is 11.5 Å². The quantitative estimate of drug-likeness (QED) is 0.778. The smallest absolute Gasteiger partial charge is 0.277 e. The van der Waals surface area contributed by atoms with Gasteiger partial charge < -0.3 is 19.2 Å². The van der Waals surface area contributed by atoms with E-state index in [0.29, 0.717) is 22.8 Å². The molecule has 2 amide bonds. The zero-order valence-electron chi connectivity index (χ0n) is 14.0. The lowest BCUT2D eigenvalue weighted by Gasteiger charge is -2.15. The van der Waals surface area contributed by atoms with Gasteiger partial charge in [0.1, 0.15) is 0 Å². The standard InChI is InChI=1S/C19H17N3O4/c23-18(15-12-17(26-21-15)16-7-4-10-25-16)20-14-6-3-5-13(11-14)19(24)22-8-1-2-9-22/h3-7,10-12H,1-2,8-9H2,(H,20,23). The van der Waals surface area contributed by atoms with Gasteiger partial charge in [0.15, 0.2) is 11.5 Å². The Kier molecular flexibility index (Phi) is 4.27. The van der Waals surface area contributed by atoms with Gasteiger partial charge in [-0.1, -0.05) is 11.2 Å². The van der Waals surface area contributed by atoms with Crippen molar-refractivity contribution < 1.29 is 18.5 Å². The van der Waals surface area contributed by atoms with E-state index in [1.807, 2.05) is 4.90 Å². The molecule has 3 heterocycles. The Morgan fingerprint density at radius 1 is 1.04 bits per heavy atom. The Bertz CT molecular complexity index is 924. The fourth-order valence-corrected chi connectivity index (χ4v) is 2.95. The molecule has 1 fully saturated rings. The van der Waals surface area contributed by atoms with E-state index in [1.54, 1.807) is 36.4 Å². The number of carbonyl (C=O) groups excluding carboxylic acids is 2. The maximum Gasteiger partial charge on any atom is 0.277 e. The lowest BCUT2D eigenvalue weighted by atomic mass is 10.1. The molecule has 0 aliphatic carbocycles. The van der Waals surface area contributed by atoms with E-state index in [0.717, 1.165) is 25.9 Å². The third-order valence-electron chi connectivity index (χ3n) is 4.27. The number of hydrogen-bond acceptors (Lipinski definition) is 5. The number of amides is 2. The molecule has 2 aromatic heterocycles. The van der Waals surface area contributed by atoms with Crippen LogP contribution >= 0.6 is 0 Å². The Labute approximate surface area is 149 Å². The van der Waals surface area contributed by atoms with Gasteiger partial charge in [-0.25, -0.2) is 0 Å². The second kappa shape index (κ2) is 6.87. The van der Waals surface area contributed by atoms with Gasteiger partial charge in [-0.05, 0) is 43.2 Å². The molecule has 0 saturated carbocycles. The van der Waals surface area contributed by atoms with E-state index in [2.05, 4.69) is 10.5 Å². The fraction of sp³-hybridized carbons (Fsp3) is 0.211. The molecule has 1 aliphatic heterocycles. The van der Waals surface area contributed by atoms with Gasteiger partial charge in [0, 0.05) is 30.4 Å². The predicted octanol–water partition coefficient (Wildman–Crippen LogP) is 3.42. The Balaban J connectivity index is 1.48. The Morgan fingerprint density at radius 2 is 1.88 bits per heavy atom. The molecule has 7 heteroatoms. The first-order chi connectivity index (χ1) is 12.7. The van der Waals surface area contributed by atoms with Crippen molar-refractivity contribution in [1.82, 2.24) is 10.1 Å². The van der Waals surface area contributed by atoms with Gasteiger partial charge in [0.2, 0.25) is 5.76 Å². The maximum absolute atomic E-state index is 12.5. The van der Waals surface area contributed by atoms with Crippen LogP contribution in [0, 0.1) is 0 Å². The number of aromatic nitrogens is 1. The number of nitrogens with zero attached hydrogens (tertiary/aromatic N) is 2. The summed E-state index contributed by atoms with van der Waals surface area (Å²) in [4.78, 5) is 26.7. The van der Waals surface area contributed by atoms with Crippen molar-refractivity contribution in [2.24, 2.45) is 0 Å².